The second-order valence-electron chi connectivity index (χ2n) is 5.08. The fraction of sp³-hybridized carbons (Fsp3) is 0.462. The van der Waals surface area contributed by atoms with Crippen molar-refractivity contribution in [1.29, 1.82) is 0 Å². The van der Waals surface area contributed by atoms with Crippen molar-refractivity contribution in [2.75, 3.05) is 13.7 Å². The first-order valence-corrected chi connectivity index (χ1v) is 7.70. The van der Waals surface area contributed by atoms with E-state index >= 15 is 0 Å². The van der Waals surface area contributed by atoms with Crippen LogP contribution in [-0.4, -0.2) is 39.2 Å². The largest absolute Gasteiger partial charge is 0.478 e. The summed E-state index contributed by atoms with van der Waals surface area (Å²) in [6.45, 7) is 1.24. The molecule has 1 aliphatic heterocycles. The van der Waals surface area contributed by atoms with Crippen molar-refractivity contribution in [2.24, 2.45) is 0 Å². The Bertz CT molecular complexity index is 702. The topological polar surface area (TPSA) is 60.2 Å². The van der Waals surface area contributed by atoms with Crippen molar-refractivity contribution >= 4 is 17.2 Å². The molecule has 0 aliphatic carbocycles. The maximum absolute atomic E-state index is 12.5. The van der Waals surface area contributed by atoms with Gasteiger partial charge in [-0.3, -0.25) is 4.79 Å². The summed E-state index contributed by atoms with van der Waals surface area (Å²) in [5.74, 6) is 0.140. The lowest BCUT2D eigenvalue weighted by atomic mass is 10.3. The van der Waals surface area contributed by atoms with Crippen LogP contribution in [0.15, 0.2) is 11.4 Å². The minimum Gasteiger partial charge on any atom is -0.478 e. The molecule has 124 valence electrons. The van der Waals surface area contributed by atoms with E-state index in [1.54, 1.807) is 10.7 Å². The lowest BCUT2D eigenvalue weighted by Gasteiger charge is -2.14. The fourth-order valence-electron chi connectivity index (χ4n) is 2.16. The number of halogens is 3. The number of alkyl halides is 3. The van der Waals surface area contributed by atoms with Gasteiger partial charge in [0.05, 0.1) is 13.2 Å². The Hall–Kier alpha value is -2.10. The second kappa shape index (κ2) is 5.84. The minimum absolute atomic E-state index is 0.0113. The molecule has 3 heterocycles. The van der Waals surface area contributed by atoms with Gasteiger partial charge < -0.3 is 9.64 Å². The Kier molecular flexibility index (Phi) is 4.00. The van der Waals surface area contributed by atoms with Crippen LogP contribution in [0.25, 0.3) is 0 Å². The summed E-state index contributed by atoms with van der Waals surface area (Å²) in [6.07, 6.45) is -3.66. The summed E-state index contributed by atoms with van der Waals surface area (Å²) in [6, 6.07) is 1.54. The first-order chi connectivity index (χ1) is 10.8. The maximum Gasteiger partial charge on any atom is 0.434 e. The molecule has 0 saturated heterocycles. The van der Waals surface area contributed by atoms with Crippen LogP contribution in [-0.2, 0) is 19.3 Å². The molecule has 0 atom stereocenters. The molecule has 0 bridgehead atoms. The first kappa shape index (κ1) is 15.8. The number of hydrogen-bond donors (Lipinski definition) is 0. The molecule has 2 aromatic heterocycles. The van der Waals surface area contributed by atoms with Gasteiger partial charge in [0.1, 0.15) is 5.01 Å². The highest BCUT2D eigenvalue weighted by Gasteiger charge is 2.34. The monoisotopic (exact) mass is 346 g/mol. The van der Waals surface area contributed by atoms with E-state index in [0.717, 1.165) is 23.1 Å². The second-order valence-corrected chi connectivity index (χ2v) is 6.02. The number of carbonyl (C=O) groups excluding carboxylic acids is 1. The van der Waals surface area contributed by atoms with Crippen molar-refractivity contribution in [1.82, 2.24) is 19.7 Å². The molecule has 0 fully saturated rings. The van der Waals surface area contributed by atoms with Gasteiger partial charge >= 0.3 is 6.18 Å². The zero-order chi connectivity index (χ0) is 16.6. The smallest absolute Gasteiger partial charge is 0.434 e. The number of nitrogens with zero attached hydrogens (tertiary/aromatic N) is 4. The number of carbonyl (C=O) groups is 1. The van der Waals surface area contributed by atoms with E-state index in [9.17, 15) is 18.0 Å². The molecular formula is C13H13F3N4O2S. The Morgan fingerprint density at radius 1 is 1.52 bits per heavy atom. The number of aromatic nitrogens is 3. The van der Waals surface area contributed by atoms with Crippen molar-refractivity contribution < 1.29 is 22.7 Å². The number of rotatable bonds is 3. The van der Waals surface area contributed by atoms with Gasteiger partial charge in [0.25, 0.3) is 5.91 Å². The van der Waals surface area contributed by atoms with Gasteiger partial charge in [0.15, 0.2) is 11.4 Å². The van der Waals surface area contributed by atoms with Crippen LogP contribution in [0, 0.1) is 0 Å². The van der Waals surface area contributed by atoms with Gasteiger partial charge in [-0.15, -0.1) is 11.3 Å². The molecule has 0 spiro atoms. The summed E-state index contributed by atoms with van der Waals surface area (Å²) >= 11 is 0.869. The lowest BCUT2D eigenvalue weighted by molar-refractivity contribution is -0.140. The molecule has 1 amide bonds. The van der Waals surface area contributed by atoms with E-state index in [4.69, 9.17) is 4.74 Å². The SMILES string of the molecule is CN(Cc1nc(C(F)(F)F)cs1)C(=O)c1cc2n(n1)CCCO2. The average molecular weight is 346 g/mol. The zero-order valence-corrected chi connectivity index (χ0v) is 12.9. The van der Waals surface area contributed by atoms with E-state index in [-0.39, 0.29) is 23.2 Å². The van der Waals surface area contributed by atoms with Crippen LogP contribution in [0.5, 0.6) is 5.88 Å². The molecule has 0 unspecified atom stereocenters. The van der Waals surface area contributed by atoms with Crippen molar-refractivity contribution in [3.63, 3.8) is 0 Å². The van der Waals surface area contributed by atoms with Crippen molar-refractivity contribution in [2.45, 2.75) is 25.7 Å². The third kappa shape index (κ3) is 3.31. The summed E-state index contributed by atoms with van der Waals surface area (Å²) < 4.78 is 44.6. The van der Waals surface area contributed by atoms with Crippen LogP contribution in [0.1, 0.15) is 27.6 Å². The van der Waals surface area contributed by atoms with Crippen LogP contribution in [0.4, 0.5) is 13.2 Å². The van der Waals surface area contributed by atoms with Gasteiger partial charge in [0, 0.05) is 31.5 Å². The zero-order valence-electron chi connectivity index (χ0n) is 12.1. The van der Waals surface area contributed by atoms with E-state index in [0.29, 0.717) is 19.0 Å². The van der Waals surface area contributed by atoms with E-state index in [1.165, 1.54) is 11.9 Å². The van der Waals surface area contributed by atoms with Crippen LogP contribution >= 0.6 is 11.3 Å². The summed E-state index contributed by atoms with van der Waals surface area (Å²) in [4.78, 5) is 17.1. The molecule has 3 rings (SSSR count). The average Bonchev–Trinajstić information content (AvgIpc) is 3.11. The lowest BCUT2D eigenvalue weighted by Crippen LogP contribution is -2.26. The summed E-state index contributed by atoms with van der Waals surface area (Å²) in [7, 11) is 1.50. The molecule has 0 N–H and O–H groups in total. The van der Waals surface area contributed by atoms with Gasteiger partial charge in [-0.25, -0.2) is 9.67 Å². The van der Waals surface area contributed by atoms with Crippen molar-refractivity contribution in [3.8, 4) is 5.88 Å². The maximum atomic E-state index is 12.5. The molecule has 1 aliphatic rings. The summed E-state index contributed by atoms with van der Waals surface area (Å²) in [5, 5.41) is 5.32. The molecule has 10 heteroatoms. The Morgan fingerprint density at radius 3 is 2.96 bits per heavy atom. The molecule has 6 nitrogen and oxygen atoms in total. The minimum atomic E-state index is -4.47. The Balaban J connectivity index is 1.70. The third-order valence-electron chi connectivity index (χ3n) is 3.29. The quantitative estimate of drug-likeness (QED) is 0.856. The number of ether oxygens (including phenoxy) is 1. The standard InChI is InChI=1S/C13H13F3N4O2S/c1-19(6-10-17-9(7-23-10)13(14,15)16)12(21)8-5-11-20(18-8)3-2-4-22-11/h5,7H,2-4,6H2,1H3. The number of thiazole rings is 1. The number of hydrogen-bond acceptors (Lipinski definition) is 5. The van der Waals surface area contributed by atoms with Gasteiger partial charge in [-0.05, 0) is 0 Å². The predicted molar refractivity (Wildman–Crippen MR) is 75.3 cm³/mol. The van der Waals surface area contributed by atoms with Gasteiger partial charge in [-0.2, -0.15) is 18.3 Å². The van der Waals surface area contributed by atoms with E-state index in [1.807, 2.05) is 0 Å². The van der Waals surface area contributed by atoms with Crippen LogP contribution in [0.2, 0.25) is 0 Å². The number of aryl methyl sites for hydroxylation is 1. The van der Waals surface area contributed by atoms with E-state index < -0.39 is 11.9 Å². The normalized spacial score (nSPS) is 14.3. The number of fused-ring (bicyclic) bond motifs is 1. The van der Waals surface area contributed by atoms with Gasteiger partial charge in [-0.1, -0.05) is 0 Å². The van der Waals surface area contributed by atoms with Gasteiger partial charge in [0.2, 0.25) is 5.88 Å². The predicted octanol–water partition coefficient (Wildman–Crippen LogP) is 2.41. The highest BCUT2D eigenvalue weighted by Crippen LogP contribution is 2.30. The van der Waals surface area contributed by atoms with Crippen LogP contribution in [0.3, 0.4) is 0 Å². The molecule has 23 heavy (non-hydrogen) atoms. The number of amides is 1. The molecule has 0 aromatic carbocycles. The molecular weight excluding hydrogens is 333 g/mol. The highest BCUT2D eigenvalue weighted by molar-refractivity contribution is 7.09. The Morgan fingerprint density at radius 2 is 2.30 bits per heavy atom. The van der Waals surface area contributed by atoms with Crippen molar-refractivity contribution in [3.05, 3.63) is 27.8 Å². The summed E-state index contributed by atoms with van der Waals surface area (Å²) in [5.41, 5.74) is -0.735. The van der Waals surface area contributed by atoms with E-state index in [2.05, 4.69) is 10.1 Å². The third-order valence-corrected chi connectivity index (χ3v) is 4.12. The first-order valence-electron chi connectivity index (χ1n) is 6.82. The molecule has 0 saturated carbocycles. The fourth-order valence-corrected chi connectivity index (χ4v) is 3.01. The van der Waals surface area contributed by atoms with Crippen LogP contribution < -0.4 is 4.74 Å². The Labute approximate surface area is 133 Å². The molecule has 0 radical (unpaired) electrons. The highest BCUT2D eigenvalue weighted by atomic mass is 32.1. The molecule has 2 aromatic rings.